The molecule has 0 aromatic heterocycles. The first-order valence-corrected chi connectivity index (χ1v) is 6.96. The number of fused-ring (bicyclic) bond motifs is 1. The Morgan fingerprint density at radius 1 is 1.06 bits per heavy atom. The summed E-state index contributed by atoms with van der Waals surface area (Å²) in [6.07, 6.45) is 9.35. The maximum atomic E-state index is 6.19. The lowest BCUT2D eigenvalue weighted by Crippen LogP contribution is -2.21. The average molecular weight is 231 g/mol. The van der Waals surface area contributed by atoms with Crippen LogP contribution in [0.4, 0.5) is 5.69 Å². The molecule has 1 aliphatic carbocycles. The summed E-state index contributed by atoms with van der Waals surface area (Å²) in [6.45, 7) is 1.08. The van der Waals surface area contributed by atoms with E-state index in [1.165, 1.54) is 56.2 Å². The van der Waals surface area contributed by atoms with E-state index in [0.717, 1.165) is 12.3 Å². The molecule has 1 saturated carbocycles. The van der Waals surface area contributed by atoms with E-state index in [1.54, 1.807) is 0 Å². The quantitative estimate of drug-likeness (QED) is 0.837. The summed E-state index contributed by atoms with van der Waals surface area (Å²) in [4.78, 5) is 0. The zero-order valence-corrected chi connectivity index (χ0v) is 10.4. The van der Waals surface area contributed by atoms with Crippen LogP contribution in [0.3, 0.4) is 0 Å². The molecule has 2 aliphatic rings. The van der Waals surface area contributed by atoms with Crippen LogP contribution in [0.2, 0.25) is 0 Å². The Labute approximate surface area is 103 Å². The molecule has 1 aromatic rings. The highest BCUT2D eigenvalue weighted by atomic mass is 16.5. The van der Waals surface area contributed by atoms with Crippen LogP contribution in [0.25, 0.3) is 0 Å². The molecule has 3 rings (SSSR count). The largest absolute Gasteiger partial charge is 0.488 e. The van der Waals surface area contributed by atoms with E-state index in [9.17, 15) is 0 Å². The molecule has 1 aliphatic heterocycles. The number of hydrogen-bond acceptors (Lipinski definition) is 2. The van der Waals surface area contributed by atoms with Crippen LogP contribution in [0.5, 0.6) is 5.75 Å². The highest BCUT2D eigenvalue weighted by molar-refractivity contribution is 5.63. The van der Waals surface area contributed by atoms with E-state index in [4.69, 9.17) is 4.74 Å². The van der Waals surface area contributed by atoms with Gasteiger partial charge in [-0.05, 0) is 50.2 Å². The minimum atomic E-state index is 0.443. The maximum absolute atomic E-state index is 6.19. The van der Waals surface area contributed by atoms with Crippen LogP contribution in [0.15, 0.2) is 18.2 Å². The lowest BCUT2D eigenvalue weighted by atomic mass is 9.97. The molecule has 0 bridgehead atoms. The number of hydrogen-bond donors (Lipinski definition) is 1. The topological polar surface area (TPSA) is 21.3 Å². The van der Waals surface area contributed by atoms with Crippen molar-refractivity contribution in [2.24, 2.45) is 0 Å². The zero-order valence-electron chi connectivity index (χ0n) is 10.4. The molecule has 0 amide bonds. The molecule has 92 valence electrons. The summed E-state index contributed by atoms with van der Waals surface area (Å²) < 4.78 is 6.19. The second-order valence-corrected chi connectivity index (χ2v) is 5.20. The first kappa shape index (κ1) is 10.9. The SMILES string of the molecule is c1cc2c(c(OC3CCCCC3)c1)NCCC2. The second-order valence-electron chi connectivity index (χ2n) is 5.20. The van der Waals surface area contributed by atoms with Crippen molar-refractivity contribution in [1.29, 1.82) is 0 Å². The van der Waals surface area contributed by atoms with Crippen molar-refractivity contribution in [2.45, 2.75) is 51.0 Å². The van der Waals surface area contributed by atoms with Gasteiger partial charge in [0.2, 0.25) is 0 Å². The predicted molar refractivity (Wildman–Crippen MR) is 70.8 cm³/mol. The Hall–Kier alpha value is -1.18. The molecule has 2 heteroatoms. The number of rotatable bonds is 2. The van der Waals surface area contributed by atoms with Gasteiger partial charge < -0.3 is 10.1 Å². The normalized spacial score (nSPS) is 20.5. The van der Waals surface area contributed by atoms with Crippen molar-refractivity contribution in [3.63, 3.8) is 0 Å². The standard InChI is InChI=1S/C15H21NO/c1-2-8-13(9-3-1)17-14-10-4-6-12-7-5-11-16-15(12)14/h4,6,10,13,16H,1-3,5,7-9,11H2. The van der Waals surface area contributed by atoms with Crippen molar-refractivity contribution in [2.75, 3.05) is 11.9 Å². The van der Waals surface area contributed by atoms with Gasteiger partial charge in [-0.15, -0.1) is 0 Å². The fraction of sp³-hybridized carbons (Fsp3) is 0.600. The Kier molecular flexibility index (Phi) is 3.21. The number of para-hydroxylation sites is 1. The van der Waals surface area contributed by atoms with Gasteiger partial charge in [-0.3, -0.25) is 0 Å². The van der Waals surface area contributed by atoms with Crippen LogP contribution in [-0.2, 0) is 6.42 Å². The van der Waals surface area contributed by atoms with Crippen molar-refractivity contribution in [3.8, 4) is 5.75 Å². The van der Waals surface area contributed by atoms with Crippen LogP contribution in [0.1, 0.15) is 44.1 Å². The van der Waals surface area contributed by atoms with E-state index in [-0.39, 0.29) is 0 Å². The van der Waals surface area contributed by atoms with Crippen molar-refractivity contribution in [1.82, 2.24) is 0 Å². The van der Waals surface area contributed by atoms with Crippen molar-refractivity contribution >= 4 is 5.69 Å². The molecule has 2 nitrogen and oxygen atoms in total. The molecular weight excluding hydrogens is 210 g/mol. The molecule has 1 aromatic carbocycles. The summed E-state index contributed by atoms with van der Waals surface area (Å²) in [5.41, 5.74) is 2.67. The summed E-state index contributed by atoms with van der Waals surface area (Å²) in [6, 6.07) is 6.46. The molecule has 0 saturated heterocycles. The van der Waals surface area contributed by atoms with Crippen LogP contribution in [-0.4, -0.2) is 12.6 Å². The smallest absolute Gasteiger partial charge is 0.143 e. The monoisotopic (exact) mass is 231 g/mol. The zero-order chi connectivity index (χ0) is 11.5. The van der Waals surface area contributed by atoms with Gasteiger partial charge in [0.1, 0.15) is 5.75 Å². The lowest BCUT2D eigenvalue weighted by molar-refractivity contribution is 0.155. The molecule has 0 atom stereocenters. The summed E-state index contributed by atoms with van der Waals surface area (Å²) >= 11 is 0. The Bertz CT molecular complexity index is 383. The van der Waals surface area contributed by atoms with E-state index < -0.39 is 0 Å². The Balaban J connectivity index is 1.77. The van der Waals surface area contributed by atoms with Gasteiger partial charge in [0.15, 0.2) is 0 Å². The van der Waals surface area contributed by atoms with E-state index in [2.05, 4.69) is 23.5 Å². The fourth-order valence-corrected chi connectivity index (χ4v) is 2.94. The van der Waals surface area contributed by atoms with Gasteiger partial charge in [0.05, 0.1) is 11.8 Å². The first-order valence-electron chi connectivity index (χ1n) is 6.96. The summed E-state index contributed by atoms with van der Waals surface area (Å²) in [5.74, 6) is 1.08. The molecule has 1 fully saturated rings. The Morgan fingerprint density at radius 3 is 2.82 bits per heavy atom. The highest BCUT2D eigenvalue weighted by Crippen LogP contribution is 2.34. The maximum Gasteiger partial charge on any atom is 0.143 e. The minimum absolute atomic E-state index is 0.443. The Morgan fingerprint density at radius 2 is 1.94 bits per heavy atom. The van der Waals surface area contributed by atoms with Crippen LogP contribution in [0, 0.1) is 0 Å². The van der Waals surface area contributed by atoms with E-state index in [1.807, 2.05) is 0 Å². The van der Waals surface area contributed by atoms with Gasteiger partial charge in [-0.25, -0.2) is 0 Å². The number of aryl methyl sites for hydroxylation is 1. The third-order valence-electron chi connectivity index (χ3n) is 3.88. The third kappa shape index (κ3) is 2.41. The van der Waals surface area contributed by atoms with Gasteiger partial charge >= 0.3 is 0 Å². The molecule has 0 unspecified atom stereocenters. The van der Waals surface area contributed by atoms with Crippen molar-refractivity contribution in [3.05, 3.63) is 23.8 Å². The fourth-order valence-electron chi connectivity index (χ4n) is 2.94. The first-order chi connectivity index (χ1) is 8.43. The van der Waals surface area contributed by atoms with Gasteiger partial charge in [-0.1, -0.05) is 18.6 Å². The van der Waals surface area contributed by atoms with Gasteiger partial charge in [-0.2, -0.15) is 0 Å². The third-order valence-corrected chi connectivity index (χ3v) is 3.88. The lowest BCUT2D eigenvalue weighted by Gasteiger charge is -2.27. The number of anilines is 1. The predicted octanol–water partition coefficient (Wildman–Crippen LogP) is 3.76. The average Bonchev–Trinajstić information content (AvgIpc) is 2.40. The summed E-state index contributed by atoms with van der Waals surface area (Å²) in [5, 5.41) is 3.50. The van der Waals surface area contributed by atoms with E-state index in [0.29, 0.717) is 6.10 Å². The van der Waals surface area contributed by atoms with Gasteiger partial charge in [0, 0.05) is 6.54 Å². The summed E-state index contributed by atoms with van der Waals surface area (Å²) in [7, 11) is 0. The van der Waals surface area contributed by atoms with E-state index >= 15 is 0 Å². The molecule has 0 spiro atoms. The minimum Gasteiger partial charge on any atom is -0.488 e. The molecular formula is C15H21NO. The highest BCUT2D eigenvalue weighted by Gasteiger charge is 2.18. The number of ether oxygens (including phenoxy) is 1. The molecule has 0 radical (unpaired) electrons. The number of nitrogens with one attached hydrogen (secondary N) is 1. The van der Waals surface area contributed by atoms with Crippen LogP contribution >= 0.6 is 0 Å². The second kappa shape index (κ2) is 4.99. The van der Waals surface area contributed by atoms with Crippen molar-refractivity contribution < 1.29 is 4.74 Å². The van der Waals surface area contributed by atoms with Gasteiger partial charge in [0.25, 0.3) is 0 Å². The molecule has 1 N–H and O–H groups in total. The molecule has 17 heavy (non-hydrogen) atoms. The number of benzene rings is 1. The van der Waals surface area contributed by atoms with Crippen LogP contribution < -0.4 is 10.1 Å². The molecule has 1 heterocycles.